The molecule has 4 N–H and O–H groups in total. The molecule has 98 valence electrons. The van der Waals surface area contributed by atoms with E-state index < -0.39 is 0 Å². The lowest BCUT2D eigenvalue weighted by molar-refractivity contribution is 0.461. The zero-order chi connectivity index (χ0) is 11.8. The van der Waals surface area contributed by atoms with Crippen molar-refractivity contribution in [2.45, 2.75) is 18.8 Å². The molecule has 1 unspecified atom stereocenters. The predicted molar refractivity (Wildman–Crippen MR) is 75.8 cm³/mol. The normalized spacial score (nSPS) is 19.7. The molecule has 2 aromatic rings. The van der Waals surface area contributed by atoms with Gasteiger partial charge in [-0.3, -0.25) is 0 Å². The van der Waals surface area contributed by atoms with Crippen molar-refractivity contribution in [3.05, 3.63) is 28.2 Å². The fraction of sp³-hybridized carbons (Fsp3) is 0.417. The molecule has 0 spiro atoms. The van der Waals surface area contributed by atoms with Gasteiger partial charge in [-0.2, -0.15) is 0 Å². The van der Waals surface area contributed by atoms with Crippen LogP contribution in [0, 0.1) is 0 Å². The van der Waals surface area contributed by atoms with E-state index in [4.69, 9.17) is 0 Å². The molecule has 1 aromatic carbocycles. The van der Waals surface area contributed by atoms with Gasteiger partial charge in [0.05, 0.1) is 5.52 Å². The van der Waals surface area contributed by atoms with Gasteiger partial charge >= 0.3 is 5.69 Å². The first-order valence-corrected chi connectivity index (χ1v) is 5.90. The van der Waals surface area contributed by atoms with Crippen molar-refractivity contribution < 1.29 is 5.11 Å². The number of benzene rings is 1. The maximum atomic E-state index is 11.3. The van der Waals surface area contributed by atoms with Crippen LogP contribution in [-0.4, -0.2) is 28.2 Å². The molecule has 5 nitrogen and oxygen atoms in total. The summed E-state index contributed by atoms with van der Waals surface area (Å²) in [7, 11) is 0. The number of imidazole rings is 1. The number of nitrogens with one attached hydrogen (secondary N) is 3. The molecule has 3 rings (SSSR count). The van der Waals surface area contributed by atoms with Gasteiger partial charge in [0.2, 0.25) is 0 Å². The second kappa shape index (κ2) is 5.16. The highest BCUT2D eigenvalue weighted by atomic mass is 79.9. The van der Waals surface area contributed by atoms with Crippen LogP contribution in [0.2, 0.25) is 0 Å². The minimum absolute atomic E-state index is 0. The van der Waals surface area contributed by atoms with E-state index >= 15 is 0 Å². The fourth-order valence-corrected chi connectivity index (χ4v) is 2.58. The number of phenolic OH excluding ortho intramolecular Hbond substituents is 1. The smallest absolute Gasteiger partial charge is 0.323 e. The monoisotopic (exact) mass is 313 g/mol. The number of H-pyrrole nitrogens is 2. The van der Waals surface area contributed by atoms with E-state index in [9.17, 15) is 9.90 Å². The molecule has 1 atom stereocenters. The summed E-state index contributed by atoms with van der Waals surface area (Å²) in [5.41, 5.74) is 2.08. The summed E-state index contributed by atoms with van der Waals surface area (Å²) < 4.78 is 0. The molecular formula is C12H16BrN3O2. The number of aromatic hydroxyl groups is 1. The first-order valence-electron chi connectivity index (χ1n) is 5.90. The third-order valence-electron chi connectivity index (χ3n) is 3.43. The van der Waals surface area contributed by atoms with Crippen molar-refractivity contribution in [2.24, 2.45) is 0 Å². The second-order valence-electron chi connectivity index (χ2n) is 4.55. The van der Waals surface area contributed by atoms with Crippen molar-refractivity contribution in [1.29, 1.82) is 0 Å². The molecule has 1 aliphatic heterocycles. The van der Waals surface area contributed by atoms with Gasteiger partial charge in [-0.15, -0.1) is 17.0 Å². The van der Waals surface area contributed by atoms with Crippen molar-refractivity contribution >= 4 is 28.0 Å². The largest absolute Gasteiger partial charge is 0.506 e. The van der Waals surface area contributed by atoms with Gasteiger partial charge in [-0.05, 0) is 36.9 Å². The van der Waals surface area contributed by atoms with E-state index in [0.717, 1.165) is 37.0 Å². The highest BCUT2D eigenvalue weighted by molar-refractivity contribution is 8.93. The summed E-state index contributed by atoms with van der Waals surface area (Å²) >= 11 is 0. The van der Waals surface area contributed by atoms with Crippen LogP contribution in [0.4, 0.5) is 0 Å². The van der Waals surface area contributed by atoms with Crippen LogP contribution in [0.5, 0.6) is 5.75 Å². The van der Waals surface area contributed by atoms with Crippen molar-refractivity contribution in [3.8, 4) is 5.75 Å². The first kappa shape index (κ1) is 13.2. The Bertz CT molecular complexity index is 599. The van der Waals surface area contributed by atoms with Crippen LogP contribution >= 0.6 is 17.0 Å². The quantitative estimate of drug-likeness (QED) is 0.645. The highest BCUT2D eigenvalue weighted by Crippen LogP contribution is 2.31. The summed E-state index contributed by atoms with van der Waals surface area (Å²) in [5.74, 6) is 0.518. The van der Waals surface area contributed by atoms with E-state index in [1.54, 1.807) is 6.07 Å². The Morgan fingerprint density at radius 2 is 2.00 bits per heavy atom. The number of aromatic nitrogens is 2. The Balaban J connectivity index is 0.00000120. The molecule has 0 amide bonds. The zero-order valence-electron chi connectivity index (χ0n) is 9.82. The summed E-state index contributed by atoms with van der Waals surface area (Å²) in [4.78, 5) is 16.7. The lowest BCUT2D eigenvalue weighted by atomic mass is 9.90. The molecular weight excluding hydrogens is 298 g/mol. The number of hydrogen-bond acceptors (Lipinski definition) is 3. The van der Waals surface area contributed by atoms with Crippen LogP contribution in [0.3, 0.4) is 0 Å². The van der Waals surface area contributed by atoms with E-state index in [2.05, 4.69) is 15.3 Å². The van der Waals surface area contributed by atoms with Crippen molar-refractivity contribution in [2.75, 3.05) is 13.1 Å². The maximum Gasteiger partial charge on any atom is 0.323 e. The molecule has 0 aliphatic carbocycles. The molecule has 18 heavy (non-hydrogen) atoms. The van der Waals surface area contributed by atoms with E-state index in [0.29, 0.717) is 11.4 Å². The van der Waals surface area contributed by atoms with Crippen LogP contribution in [0.15, 0.2) is 16.9 Å². The molecule has 1 fully saturated rings. The minimum Gasteiger partial charge on any atom is -0.506 e. The second-order valence-corrected chi connectivity index (χ2v) is 4.55. The average Bonchev–Trinajstić information content (AvgIpc) is 2.73. The number of rotatable bonds is 1. The Morgan fingerprint density at radius 3 is 2.72 bits per heavy atom. The highest BCUT2D eigenvalue weighted by Gasteiger charge is 2.19. The lowest BCUT2D eigenvalue weighted by Crippen LogP contribution is -2.28. The number of piperidine rings is 1. The Hall–Kier alpha value is -1.27. The molecule has 1 saturated heterocycles. The van der Waals surface area contributed by atoms with Gasteiger partial charge < -0.3 is 20.4 Å². The number of hydrogen-bond donors (Lipinski definition) is 4. The Labute approximate surface area is 114 Å². The van der Waals surface area contributed by atoms with Gasteiger partial charge in [0.1, 0.15) is 11.3 Å². The SMILES string of the molecule is Br.O=c1[nH]c2c(O)ccc(C3CCCNC3)c2[nH]1. The van der Waals surface area contributed by atoms with E-state index in [1.807, 2.05) is 6.07 Å². The fourth-order valence-electron chi connectivity index (χ4n) is 2.58. The molecule has 0 saturated carbocycles. The van der Waals surface area contributed by atoms with Gasteiger partial charge in [0.15, 0.2) is 0 Å². The molecule has 0 bridgehead atoms. The topological polar surface area (TPSA) is 80.9 Å². The summed E-state index contributed by atoms with van der Waals surface area (Å²) in [6, 6.07) is 3.55. The predicted octanol–water partition coefficient (Wildman–Crippen LogP) is 1.61. The first-order chi connectivity index (χ1) is 8.25. The van der Waals surface area contributed by atoms with E-state index in [-0.39, 0.29) is 28.4 Å². The van der Waals surface area contributed by atoms with Gasteiger partial charge in [-0.1, -0.05) is 6.07 Å². The number of aromatic amines is 2. The van der Waals surface area contributed by atoms with Crippen molar-refractivity contribution in [3.63, 3.8) is 0 Å². The minimum atomic E-state index is -0.272. The van der Waals surface area contributed by atoms with Crippen LogP contribution in [-0.2, 0) is 0 Å². The van der Waals surface area contributed by atoms with Gasteiger partial charge in [0.25, 0.3) is 0 Å². The van der Waals surface area contributed by atoms with Crippen molar-refractivity contribution in [1.82, 2.24) is 15.3 Å². The van der Waals surface area contributed by atoms with E-state index in [1.165, 1.54) is 0 Å². The van der Waals surface area contributed by atoms with Gasteiger partial charge in [0, 0.05) is 6.54 Å². The number of phenols is 1. The number of halogens is 1. The maximum absolute atomic E-state index is 11.3. The zero-order valence-corrected chi connectivity index (χ0v) is 11.5. The molecule has 6 heteroatoms. The third kappa shape index (κ3) is 2.18. The summed E-state index contributed by atoms with van der Waals surface area (Å²) in [5, 5.41) is 13.1. The summed E-state index contributed by atoms with van der Waals surface area (Å²) in [6.07, 6.45) is 2.25. The Morgan fingerprint density at radius 1 is 1.22 bits per heavy atom. The lowest BCUT2D eigenvalue weighted by Gasteiger charge is -2.23. The Kier molecular flexibility index (Phi) is 3.77. The van der Waals surface area contributed by atoms with Crippen LogP contribution < -0.4 is 11.0 Å². The van der Waals surface area contributed by atoms with Crippen LogP contribution in [0.1, 0.15) is 24.3 Å². The molecule has 1 aromatic heterocycles. The van der Waals surface area contributed by atoms with Gasteiger partial charge in [-0.25, -0.2) is 4.79 Å². The standard InChI is InChI=1S/C12H15N3O2.BrH/c16-9-4-3-8(7-2-1-5-13-6-7)10-11(9)15-12(17)14-10;/h3-4,7,13,16H,1-2,5-6H2,(H2,14,15,17);1H. The molecule has 1 aliphatic rings. The van der Waals surface area contributed by atoms with Crippen LogP contribution in [0.25, 0.3) is 11.0 Å². The summed E-state index contributed by atoms with van der Waals surface area (Å²) in [6.45, 7) is 1.98. The number of fused-ring (bicyclic) bond motifs is 1. The third-order valence-corrected chi connectivity index (χ3v) is 3.43. The molecule has 2 heterocycles. The average molecular weight is 314 g/mol. The molecule has 0 radical (unpaired) electrons.